The Morgan fingerprint density at radius 2 is 1.17 bits per heavy atom. The van der Waals surface area contributed by atoms with Gasteiger partial charge >= 0.3 is 0 Å². The van der Waals surface area contributed by atoms with Crippen molar-refractivity contribution < 1.29 is 28.8 Å². The summed E-state index contributed by atoms with van der Waals surface area (Å²) in [7, 11) is 0. The van der Waals surface area contributed by atoms with Gasteiger partial charge in [0.1, 0.15) is 30.2 Å². The van der Waals surface area contributed by atoms with Crippen LogP contribution >= 0.6 is 0 Å². The van der Waals surface area contributed by atoms with E-state index in [1.165, 1.54) is 20.8 Å². The van der Waals surface area contributed by atoms with Crippen molar-refractivity contribution in [3.05, 3.63) is 114 Å². The molecule has 15 nitrogen and oxygen atoms in total. The Balaban J connectivity index is 1.37. The first-order valence-corrected chi connectivity index (χ1v) is 20.2. The number of fused-ring (bicyclic) bond motifs is 2. The number of para-hydroxylation sites is 1. The third kappa shape index (κ3) is 12.5. The number of anilines is 1. The van der Waals surface area contributed by atoms with Crippen molar-refractivity contribution >= 4 is 62.8 Å². The minimum atomic E-state index is -1.21. The van der Waals surface area contributed by atoms with E-state index in [0.717, 1.165) is 32.8 Å². The topological polar surface area (TPSA) is 242 Å². The molecule has 60 heavy (non-hydrogen) atoms. The number of carbonyl (C=O) groups excluding carboxylic acids is 6. The second kappa shape index (κ2) is 21.4. The zero-order valence-electron chi connectivity index (χ0n) is 34.1. The molecule has 0 bridgehead atoms. The van der Waals surface area contributed by atoms with Crippen LogP contribution in [0.5, 0.6) is 0 Å². The van der Waals surface area contributed by atoms with Crippen LogP contribution in [0.3, 0.4) is 0 Å². The lowest BCUT2D eigenvalue weighted by atomic mass is 10.0. The highest BCUT2D eigenvalue weighted by atomic mass is 16.2. The zero-order valence-corrected chi connectivity index (χ0v) is 34.1. The van der Waals surface area contributed by atoms with Crippen molar-refractivity contribution in [1.29, 1.82) is 0 Å². The molecule has 0 unspecified atom stereocenters. The van der Waals surface area contributed by atoms with Crippen LogP contribution in [-0.4, -0.2) is 83.2 Å². The van der Waals surface area contributed by atoms with E-state index in [1.54, 1.807) is 12.3 Å². The molecule has 1 heterocycles. The van der Waals surface area contributed by atoms with Crippen molar-refractivity contribution in [2.45, 2.75) is 89.1 Å². The maximum atomic E-state index is 14.4. The number of H-pyrrole nitrogens is 1. The lowest BCUT2D eigenvalue weighted by Gasteiger charge is -2.26. The van der Waals surface area contributed by atoms with Gasteiger partial charge in [-0.15, -0.1) is 0 Å². The monoisotopic (exact) mass is 817 g/mol. The fourth-order valence-corrected chi connectivity index (χ4v) is 6.70. The van der Waals surface area contributed by atoms with Crippen molar-refractivity contribution in [3.8, 4) is 0 Å². The summed E-state index contributed by atoms with van der Waals surface area (Å²) in [5.74, 6) is -3.53. The summed E-state index contributed by atoms with van der Waals surface area (Å²) >= 11 is 0. The Morgan fingerprint density at radius 3 is 1.87 bits per heavy atom. The molecule has 0 fully saturated rings. The van der Waals surface area contributed by atoms with E-state index in [4.69, 9.17) is 11.5 Å². The Kier molecular flexibility index (Phi) is 15.9. The van der Waals surface area contributed by atoms with E-state index >= 15 is 0 Å². The van der Waals surface area contributed by atoms with Crippen molar-refractivity contribution in [2.24, 2.45) is 11.5 Å². The van der Waals surface area contributed by atoms with Gasteiger partial charge < -0.3 is 48.4 Å². The number of amides is 6. The van der Waals surface area contributed by atoms with Crippen LogP contribution < -0.4 is 43.4 Å². The summed E-state index contributed by atoms with van der Waals surface area (Å²) in [5.41, 5.74) is 14.3. The predicted molar refractivity (Wildman–Crippen MR) is 232 cm³/mol. The number of hydrogen-bond acceptors (Lipinski definition) is 8. The SMILES string of the molecule is C[C@H](N)C(=O)N[C@@H](C)C(=O)N[C@@H](C)C(=O)N[C@@H](Cc1c[nH]c2ccccc12)C(=O)N[C@@H](Cc1ccccc1)C(=O)N[C@@H](CCCCN)C(=O)Nc1ccc2ccccc2c1. The predicted octanol–water partition coefficient (Wildman–Crippen LogP) is 2.69. The number of aromatic amines is 1. The second-order valence-electron chi connectivity index (χ2n) is 15.0. The van der Waals surface area contributed by atoms with E-state index in [0.29, 0.717) is 31.5 Å². The van der Waals surface area contributed by atoms with Crippen LogP contribution in [0.1, 0.15) is 51.2 Å². The Morgan fingerprint density at radius 1 is 0.583 bits per heavy atom. The average molecular weight is 818 g/mol. The Hall–Kier alpha value is -6.58. The third-order valence-electron chi connectivity index (χ3n) is 10.2. The van der Waals surface area contributed by atoms with Gasteiger partial charge in [-0.05, 0) is 86.7 Å². The van der Waals surface area contributed by atoms with E-state index in [-0.39, 0.29) is 12.8 Å². The van der Waals surface area contributed by atoms with Crippen LogP contribution in [0, 0.1) is 0 Å². The third-order valence-corrected chi connectivity index (χ3v) is 10.2. The van der Waals surface area contributed by atoms with Crippen LogP contribution in [0.15, 0.2) is 103 Å². The lowest BCUT2D eigenvalue weighted by molar-refractivity contribution is -0.134. The number of hydrogen-bond donors (Lipinski definition) is 9. The van der Waals surface area contributed by atoms with E-state index < -0.39 is 71.7 Å². The second-order valence-corrected chi connectivity index (χ2v) is 15.0. The fraction of sp³-hybridized carbons (Fsp3) is 0.333. The first-order chi connectivity index (χ1) is 28.8. The molecule has 0 aliphatic carbocycles. The Bertz CT molecular complexity index is 2280. The molecule has 4 aromatic carbocycles. The maximum Gasteiger partial charge on any atom is 0.246 e. The number of rotatable bonds is 20. The van der Waals surface area contributed by atoms with E-state index in [1.807, 2.05) is 91.0 Å². The Labute approximate surface area is 349 Å². The maximum absolute atomic E-state index is 14.4. The summed E-state index contributed by atoms with van der Waals surface area (Å²) < 4.78 is 0. The minimum Gasteiger partial charge on any atom is -0.361 e. The van der Waals surface area contributed by atoms with Crippen LogP contribution in [0.25, 0.3) is 21.7 Å². The molecule has 0 spiro atoms. The molecule has 5 rings (SSSR count). The lowest BCUT2D eigenvalue weighted by Crippen LogP contribution is -2.59. The molecule has 11 N–H and O–H groups in total. The normalized spacial score (nSPS) is 14.2. The van der Waals surface area contributed by atoms with Crippen molar-refractivity contribution in [3.63, 3.8) is 0 Å². The summed E-state index contributed by atoms with van der Waals surface area (Å²) in [5, 5.41) is 19.3. The van der Waals surface area contributed by atoms with E-state index in [9.17, 15) is 28.8 Å². The number of aromatic nitrogens is 1. The van der Waals surface area contributed by atoms with Crippen LogP contribution in [-0.2, 0) is 41.6 Å². The molecular weight excluding hydrogens is 763 g/mol. The number of nitrogens with two attached hydrogens (primary N) is 2. The average Bonchev–Trinajstić information content (AvgIpc) is 3.65. The molecule has 6 atom stereocenters. The molecule has 0 radical (unpaired) electrons. The molecule has 5 aromatic rings. The van der Waals surface area contributed by atoms with Gasteiger partial charge in [0.05, 0.1) is 6.04 Å². The molecule has 0 saturated carbocycles. The molecule has 0 saturated heterocycles. The van der Waals surface area contributed by atoms with Gasteiger partial charge in [-0.2, -0.15) is 0 Å². The van der Waals surface area contributed by atoms with Gasteiger partial charge in [-0.1, -0.05) is 78.9 Å². The van der Waals surface area contributed by atoms with Crippen molar-refractivity contribution in [1.82, 2.24) is 31.6 Å². The van der Waals surface area contributed by atoms with Gasteiger partial charge in [0.2, 0.25) is 35.4 Å². The number of carbonyl (C=O) groups is 6. The first kappa shape index (κ1) is 44.5. The van der Waals surface area contributed by atoms with Gasteiger partial charge in [-0.25, -0.2) is 0 Å². The largest absolute Gasteiger partial charge is 0.361 e. The van der Waals surface area contributed by atoms with E-state index in [2.05, 4.69) is 36.9 Å². The van der Waals surface area contributed by atoms with Crippen LogP contribution in [0.2, 0.25) is 0 Å². The number of benzene rings is 4. The highest BCUT2D eigenvalue weighted by molar-refractivity contribution is 6.01. The smallest absolute Gasteiger partial charge is 0.246 e. The van der Waals surface area contributed by atoms with Gasteiger partial charge in [0.15, 0.2) is 0 Å². The minimum absolute atomic E-state index is 0.0264. The summed E-state index contributed by atoms with van der Waals surface area (Å²) in [4.78, 5) is 84.3. The standard InChI is InChI=1S/C45H55N9O6/c1-27(47)40(55)49-28(2)41(56)50-29(3)42(57)53-39(25-33-26-48-36-18-10-9-17-35(33)36)45(60)54-38(23-30-13-5-4-6-14-30)44(59)52-37(19-11-12-22-46)43(58)51-34-21-20-31-15-7-8-16-32(31)24-34/h4-10,13-18,20-21,24,26-29,37-39,48H,11-12,19,22-23,25,46-47H2,1-3H3,(H,49,55)(H,50,56)(H,51,58)(H,52,59)(H,53,57)(H,54,60)/t27-,28-,29-,37-,38-,39-/m0/s1. The quantitative estimate of drug-likeness (QED) is 0.0528. The first-order valence-electron chi connectivity index (χ1n) is 20.2. The summed E-state index contributed by atoms with van der Waals surface area (Å²) in [6.07, 6.45) is 3.34. The zero-order chi connectivity index (χ0) is 43.2. The molecular formula is C45H55N9O6. The fourth-order valence-electron chi connectivity index (χ4n) is 6.70. The molecule has 0 aliphatic heterocycles. The molecule has 316 valence electrons. The summed E-state index contributed by atoms with van der Waals surface area (Å²) in [6.45, 7) is 4.80. The molecule has 6 amide bonds. The van der Waals surface area contributed by atoms with Gasteiger partial charge in [0, 0.05) is 35.6 Å². The number of unbranched alkanes of at least 4 members (excludes halogenated alkanes) is 1. The highest BCUT2D eigenvalue weighted by Crippen LogP contribution is 2.21. The number of nitrogens with one attached hydrogen (secondary N) is 7. The van der Waals surface area contributed by atoms with Gasteiger partial charge in [-0.3, -0.25) is 28.8 Å². The summed E-state index contributed by atoms with van der Waals surface area (Å²) in [6, 6.07) is 23.6. The molecule has 15 heteroatoms. The van der Waals surface area contributed by atoms with Crippen LogP contribution in [0.4, 0.5) is 5.69 Å². The van der Waals surface area contributed by atoms with Gasteiger partial charge in [0.25, 0.3) is 0 Å². The van der Waals surface area contributed by atoms with Crippen molar-refractivity contribution in [2.75, 3.05) is 11.9 Å². The molecule has 1 aromatic heterocycles. The highest BCUT2D eigenvalue weighted by Gasteiger charge is 2.32. The molecule has 0 aliphatic rings.